The minimum Gasteiger partial charge on any atom is -0.488 e. The molecule has 99 valence electrons. The van der Waals surface area contributed by atoms with E-state index in [0.29, 0.717) is 6.04 Å². The van der Waals surface area contributed by atoms with E-state index in [1.54, 1.807) is 0 Å². The molecule has 0 saturated carbocycles. The minimum atomic E-state index is -0.125. The first-order valence-corrected chi connectivity index (χ1v) is 6.97. The number of nitrogens with zero attached hydrogens (tertiary/aromatic N) is 1. The van der Waals surface area contributed by atoms with E-state index in [0.717, 1.165) is 18.7 Å². The number of piperidine rings is 1. The van der Waals surface area contributed by atoms with Crippen molar-refractivity contribution in [3.8, 4) is 5.75 Å². The average molecular weight is 246 g/mol. The summed E-state index contributed by atoms with van der Waals surface area (Å²) in [4.78, 5) is 0. The monoisotopic (exact) mass is 246 g/mol. The zero-order chi connectivity index (χ0) is 13.0. The van der Waals surface area contributed by atoms with Crippen LogP contribution in [0.2, 0.25) is 0 Å². The summed E-state index contributed by atoms with van der Waals surface area (Å²) in [5, 5.41) is 4.68. The van der Waals surface area contributed by atoms with Crippen LogP contribution in [0.4, 0.5) is 0 Å². The molecule has 1 aromatic rings. The van der Waals surface area contributed by atoms with Crippen LogP contribution in [0, 0.1) is 0 Å². The third kappa shape index (κ3) is 4.34. The molecule has 1 unspecified atom stereocenters. The molecule has 0 aromatic heterocycles. The second kappa shape index (κ2) is 5.75. The molecule has 0 N–H and O–H groups in total. The van der Waals surface area contributed by atoms with Gasteiger partial charge in [-0.1, -0.05) is 18.6 Å². The zero-order valence-electron chi connectivity index (χ0n) is 11.8. The van der Waals surface area contributed by atoms with Crippen molar-refractivity contribution in [2.45, 2.75) is 58.1 Å². The lowest BCUT2D eigenvalue weighted by Crippen LogP contribution is -2.29. The Labute approximate surface area is 111 Å². The summed E-state index contributed by atoms with van der Waals surface area (Å²) < 4.78 is 5.82. The maximum Gasteiger partial charge on any atom is 0.120 e. The van der Waals surface area contributed by atoms with Crippen molar-refractivity contribution in [3.05, 3.63) is 29.8 Å². The Balaban J connectivity index is 1.90. The van der Waals surface area contributed by atoms with Crippen LogP contribution >= 0.6 is 0 Å². The highest BCUT2D eigenvalue weighted by atomic mass is 16.5. The van der Waals surface area contributed by atoms with Crippen molar-refractivity contribution >= 4 is 0 Å². The van der Waals surface area contributed by atoms with E-state index in [9.17, 15) is 0 Å². The van der Waals surface area contributed by atoms with E-state index in [2.05, 4.69) is 50.4 Å². The van der Waals surface area contributed by atoms with E-state index < -0.39 is 0 Å². The second-order valence-corrected chi connectivity index (χ2v) is 6.12. The lowest BCUT2D eigenvalue weighted by atomic mass is 9.98. The third-order valence-electron chi connectivity index (χ3n) is 3.15. The molecule has 2 heteroatoms. The van der Waals surface area contributed by atoms with Gasteiger partial charge in [-0.25, -0.2) is 5.32 Å². The predicted molar refractivity (Wildman–Crippen MR) is 75.2 cm³/mol. The van der Waals surface area contributed by atoms with Crippen LogP contribution in [0.15, 0.2) is 24.3 Å². The molecular formula is C16H24NO. The SMILES string of the molecule is CC(C)(C)Oc1ccc(CC2CCCC[N]2)cc1. The van der Waals surface area contributed by atoms with Gasteiger partial charge in [0.2, 0.25) is 0 Å². The molecule has 18 heavy (non-hydrogen) atoms. The van der Waals surface area contributed by atoms with Crippen LogP contribution in [0.3, 0.4) is 0 Å². The summed E-state index contributed by atoms with van der Waals surface area (Å²) in [6.07, 6.45) is 4.93. The van der Waals surface area contributed by atoms with E-state index in [-0.39, 0.29) is 5.60 Å². The highest BCUT2D eigenvalue weighted by Gasteiger charge is 2.15. The van der Waals surface area contributed by atoms with Crippen molar-refractivity contribution in [2.24, 2.45) is 0 Å². The van der Waals surface area contributed by atoms with Gasteiger partial charge in [0.05, 0.1) is 0 Å². The van der Waals surface area contributed by atoms with Gasteiger partial charge in [-0.15, -0.1) is 0 Å². The number of hydrogen-bond acceptors (Lipinski definition) is 1. The molecule has 1 fully saturated rings. The molecule has 1 radical (unpaired) electrons. The minimum absolute atomic E-state index is 0.125. The quantitative estimate of drug-likeness (QED) is 0.799. The Kier molecular flexibility index (Phi) is 4.28. The van der Waals surface area contributed by atoms with Crippen molar-refractivity contribution < 1.29 is 4.74 Å². The largest absolute Gasteiger partial charge is 0.488 e. The Morgan fingerprint density at radius 2 is 1.89 bits per heavy atom. The highest BCUT2D eigenvalue weighted by Crippen LogP contribution is 2.20. The van der Waals surface area contributed by atoms with Crippen molar-refractivity contribution in [3.63, 3.8) is 0 Å². The Bertz CT molecular complexity index is 358. The van der Waals surface area contributed by atoms with Crippen molar-refractivity contribution in [2.75, 3.05) is 6.54 Å². The summed E-state index contributed by atoms with van der Waals surface area (Å²) in [5.41, 5.74) is 1.24. The van der Waals surface area contributed by atoms with Gasteiger partial charge in [0.1, 0.15) is 11.4 Å². The first-order chi connectivity index (χ1) is 8.53. The Morgan fingerprint density at radius 1 is 1.17 bits per heavy atom. The predicted octanol–water partition coefficient (Wildman–Crippen LogP) is 3.56. The summed E-state index contributed by atoms with van der Waals surface area (Å²) in [6, 6.07) is 9.02. The maximum absolute atomic E-state index is 5.82. The van der Waals surface area contributed by atoms with Gasteiger partial charge in [-0.05, 0) is 57.7 Å². The highest BCUT2D eigenvalue weighted by molar-refractivity contribution is 5.28. The number of rotatable bonds is 3. The summed E-state index contributed by atoms with van der Waals surface area (Å²) in [5.74, 6) is 0.951. The number of ether oxygens (including phenoxy) is 1. The molecule has 0 amide bonds. The fourth-order valence-corrected chi connectivity index (χ4v) is 2.34. The standard InChI is InChI=1S/C16H24NO/c1-16(2,3)18-15-9-7-13(8-10-15)12-14-6-4-5-11-17-14/h7-10,14H,4-6,11-12H2,1-3H3. The van der Waals surface area contributed by atoms with Gasteiger partial charge < -0.3 is 4.74 Å². The average Bonchev–Trinajstić information content (AvgIpc) is 2.31. The lowest BCUT2D eigenvalue weighted by molar-refractivity contribution is 0.131. The van der Waals surface area contributed by atoms with Gasteiger partial charge >= 0.3 is 0 Å². The summed E-state index contributed by atoms with van der Waals surface area (Å²) in [6.45, 7) is 7.27. The molecule has 1 aliphatic rings. The molecule has 1 saturated heterocycles. The Hall–Kier alpha value is -1.02. The lowest BCUT2D eigenvalue weighted by Gasteiger charge is -2.23. The zero-order valence-corrected chi connectivity index (χ0v) is 11.8. The van der Waals surface area contributed by atoms with Gasteiger partial charge in [-0.3, -0.25) is 0 Å². The van der Waals surface area contributed by atoms with E-state index in [4.69, 9.17) is 4.74 Å². The molecule has 0 bridgehead atoms. The molecule has 1 atom stereocenters. The van der Waals surface area contributed by atoms with E-state index in [1.165, 1.54) is 24.8 Å². The smallest absolute Gasteiger partial charge is 0.120 e. The van der Waals surface area contributed by atoms with Crippen LogP contribution < -0.4 is 10.1 Å². The second-order valence-electron chi connectivity index (χ2n) is 6.12. The van der Waals surface area contributed by atoms with E-state index in [1.807, 2.05) is 0 Å². The molecular weight excluding hydrogens is 222 g/mol. The van der Waals surface area contributed by atoms with Crippen molar-refractivity contribution in [1.29, 1.82) is 0 Å². The van der Waals surface area contributed by atoms with Gasteiger partial charge in [0.15, 0.2) is 0 Å². The molecule has 1 aromatic carbocycles. The van der Waals surface area contributed by atoms with Gasteiger partial charge in [-0.2, -0.15) is 0 Å². The molecule has 0 aliphatic carbocycles. The maximum atomic E-state index is 5.82. The van der Waals surface area contributed by atoms with E-state index >= 15 is 0 Å². The van der Waals surface area contributed by atoms with Crippen LogP contribution in [0.25, 0.3) is 0 Å². The molecule has 1 aliphatic heterocycles. The van der Waals surface area contributed by atoms with Crippen LogP contribution in [-0.2, 0) is 6.42 Å². The Morgan fingerprint density at radius 3 is 2.44 bits per heavy atom. The molecule has 0 spiro atoms. The third-order valence-corrected chi connectivity index (χ3v) is 3.15. The number of hydrogen-bond donors (Lipinski definition) is 0. The van der Waals surface area contributed by atoms with Crippen LogP contribution in [-0.4, -0.2) is 18.2 Å². The van der Waals surface area contributed by atoms with Gasteiger partial charge in [0, 0.05) is 12.6 Å². The molecule has 1 heterocycles. The first kappa shape index (κ1) is 13.4. The fourth-order valence-electron chi connectivity index (χ4n) is 2.34. The number of benzene rings is 1. The molecule has 2 rings (SSSR count). The normalized spacial score (nSPS) is 20.7. The fraction of sp³-hybridized carbons (Fsp3) is 0.625. The summed E-state index contributed by atoms with van der Waals surface area (Å²) >= 11 is 0. The van der Waals surface area contributed by atoms with Gasteiger partial charge in [0.25, 0.3) is 0 Å². The topological polar surface area (TPSA) is 23.3 Å². The first-order valence-electron chi connectivity index (χ1n) is 6.97. The van der Waals surface area contributed by atoms with Crippen molar-refractivity contribution in [1.82, 2.24) is 5.32 Å². The van der Waals surface area contributed by atoms with Crippen LogP contribution in [0.1, 0.15) is 45.6 Å². The van der Waals surface area contributed by atoms with Crippen LogP contribution in [0.5, 0.6) is 5.75 Å². The molecule has 2 nitrogen and oxygen atoms in total. The summed E-state index contributed by atoms with van der Waals surface area (Å²) in [7, 11) is 0.